The highest BCUT2D eigenvalue weighted by Crippen LogP contribution is 2.10. The highest BCUT2D eigenvalue weighted by Gasteiger charge is 2.26. The monoisotopic (exact) mass is 343 g/mol. The summed E-state index contributed by atoms with van der Waals surface area (Å²) in [6.07, 6.45) is 4.38. The summed E-state index contributed by atoms with van der Waals surface area (Å²) in [6, 6.07) is 6.45. The van der Waals surface area contributed by atoms with E-state index in [1.54, 1.807) is 40.3 Å². The molecule has 0 spiro atoms. The lowest BCUT2D eigenvalue weighted by Gasteiger charge is -2.34. The van der Waals surface area contributed by atoms with E-state index in [9.17, 15) is 14.4 Å². The molecule has 1 aliphatic rings. The van der Waals surface area contributed by atoms with Gasteiger partial charge in [0.15, 0.2) is 12.4 Å². The van der Waals surface area contributed by atoms with Crippen molar-refractivity contribution in [2.75, 3.05) is 32.8 Å². The third kappa shape index (κ3) is 4.03. The van der Waals surface area contributed by atoms with E-state index >= 15 is 0 Å². The Kier molecular flexibility index (Phi) is 5.08. The molecule has 0 atom stereocenters. The quantitative estimate of drug-likeness (QED) is 0.763. The fourth-order valence-corrected chi connectivity index (χ4v) is 2.50. The lowest BCUT2D eigenvalue weighted by molar-refractivity contribution is -0.136. The van der Waals surface area contributed by atoms with Gasteiger partial charge >= 0.3 is 5.97 Å². The Hall–Kier alpha value is -3.16. The van der Waals surface area contributed by atoms with Gasteiger partial charge in [-0.1, -0.05) is 0 Å². The van der Waals surface area contributed by atoms with Crippen molar-refractivity contribution in [2.24, 2.45) is 0 Å². The molecule has 0 saturated carbocycles. The Morgan fingerprint density at radius 3 is 2.48 bits per heavy atom. The number of pyridine rings is 1. The molecule has 1 fully saturated rings. The largest absolute Gasteiger partial charge is 0.459 e. The summed E-state index contributed by atoms with van der Waals surface area (Å²) in [5.74, 6) is -0.791. The summed E-state index contributed by atoms with van der Waals surface area (Å²) in [6.45, 7) is 1.24. The number of hydrogen-bond donors (Lipinski definition) is 0. The number of furan rings is 1. The number of amides is 2. The van der Waals surface area contributed by atoms with E-state index in [1.807, 2.05) is 0 Å². The highest BCUT2D eigenvalue weighted by atomic mass is 16.5. The Morgan fingerprint density at radius 2 is 1.84 bits per heavy atom. The van der Waals surface area contributed by atoms with Crippen molar-refractivity contribution < 1.29 is 23.5 Å². The molecule has 0 radical (unpaired) electrons. The second-order valence-corrected chi connectivity index (χ2v) is 5.47. The van der Waals surface area contributed by atoms with Crippen molar-refractivity contribution in [1.82, 2.24) is 14.8 Å². The summed E-state index contributed by atoms with van der Waals surface area (Å²) in [7, 11) is 0. The zero-order valence-electron chi connectivity index (χ0n) is 13.5. The molecular weight excluding hydrogens is 326 g/mol. The van der Waals surface area contributed by atoms with Crippen molar-refractivity contribution >= 4 is 17.8 Å². The summed E-state index contributed by atoms with van der Waals surface area (Å²) < 4.78 is 10.1. The average molecular weight is 343 g/mol. The van der Waals surface area contributed by atoms with Crippen LogP contribution < -0.4 is 0 Å². The minimum Gasteiger partial charge on any atom is -0.459 e. The standard InChI is InChI=1S/C17H17N3O5/c21-15(12-25-17(23)13-3-1-5-18-11-13)19-6-8-20(9-7-19)16(22)14-4-2-10-24-14/h1-5,10-11H,6-9,12H2. The zero-order chi connectivity index (χ0) is 17.6. The minimum absolute atomic E-state index is 0.194. The fourth-order valence-electron chi connectivity index (χ4n) is 2.50. The maximum absolute atomic E-state index is 12.2. The second-order valence-electron chi connectivity index (χ2n) is 5.47. The summed E-state index contributed by atoms with van der Waals surface area (Å²) in [5, 5.41) is 0. The number of nitrogens with zero attached hydrogens (tertiary/aromatic N) is 3. The summed E-state index contributed by atoms with van der Waals surface area (Å²) in [4.78, 5) is 43.1. The molecule has 2 amide bonds. The van der Waals surface area contributed by atoms with Gasteiger partial charge in [-0.05, 0) is 24.3 Å². The Bertz CT molecular complexity index is 737. The van der Waals surface area contributed by atoms with Crippen LogP contribution in [0.1, 0.15) is 20.9 Å². The number of piperazine rings is 1. The molecule has 1 aliphatic heterocycles. The van der Waals surface area contributed by atoms with E-state index in [4.69, 9.17) is 9.15 Å². The molecule has 3 rings (SSSR count). The molecule has 130 valence electrons. The number of ether oxygens (including phenoxy) is 1. The molecule has 3 heterocycles. The van der Waals surface area contributed by atoms with Crippen LogP contribution in [0, 0.1) is 0 Å². The first kappa shape index (κ1) is 16.7. The third-order valence-electron chi connectivity index (χ3n) is 3.88. The molecule has 0 aliphatic carbocycles. The molecule has 25 heavy (non-hydrogen) atoms. The summed E-state index contributed by atoms with van der Waals surface area (Å²) >= 11 is 0. The van der Waals surface area contributed by atoms with Crippen molar-refractivity contribution in [1.29, 1.82) is 0 Å². The Balaban J connectivity index is 1.45. The lowest BCUT2D eigenvalue weighted by atomic mass is 10.2. The van der Waals surface area contributed by atoms with E-state index in [-0.39, 0.29) is 24.2 Å². The number of carbonyl (C=O) groups excluding carboxylic acids is 3. The van der Waals surface area contributed by atoms with Crippen LogP contribution in [0.15, 0.2) is 47.3 Å². The number of rotatable bonds is 4. The smallest absolute Gasteiger partial charge is 0.340 e. The van der Waals surface area contributed by atoms with E-state index in [2.05, 4.69) is 4.98 Å². The first-order valence-corrected chi connectivity index (χ1v) is 7.83. The van der Waals surface area contributed by atoms with Crippen LogP contribution in [-0.2, 0) is 9.53 Å². The third-order valence-corrected chi connectivity index (χ3v) is 3.88. The molecule has 8 heteroatoms. The number of hydrogen-bond acceptors (Lipinski definition) is 6. The molecule has 1 saturated heterocycles. The SMILES string of the molecule is O=C(OCC(=O)N1CCN(C(=O)c2ccco2)CC1)c1cccnc1. The van der Waals surface area contributed by atoms with E-state index < -0.39 is 5.97 Å². The van der Waals surface area contributed by atoms with Crippen LogP contribution in [0.2, 0.25) is 0 Å². The normalized spacial score (nSPS) is 14.2. The predicted octanol–water partition coefficient (Wildman–Crippen LogP) is 0.816. The molecule has 0 bridgehead atoms. The number of esters is 1. The van der Waals surface area contributed by atoms with Gasteiger partial charge < -0.3 is 19.0 Å². The van der Waals surface area contributed by atoms with E-state index in [0.29, 0.717) is 31.7 Å². The lowest BCUT2D eigenvalue weighted by Crippen LogP contribution is -2.51. The number of carbonyl (C=O) groups is 3. The first-order chi connectivity index (χ1) is 12.1. The van der Waals surface area contributed by atoms with Crippen molar-refractivity contribution in [3.05, 3.63) is 54.2 Å². The fraction of sp³-hybridized carbons (Fsp3) is 0.294. The van der Waals surface area contributed by atoms with Gasteiger partial charge in [0.2, 0.25) is 0 Å². The van der Waals surface area contributed by atoms with Gasteiger partial charge in [-0.15, -0.1) is 0 Å². The molecule has 2 aromatic heterocycles. The van der Waals surface area contributed by atoms with Crippen LogP contribution in [0.25, 0.3) is 0 Å². The van der Waals surface area contributed by atoms with Gasteiger partial charge in [0.1, 0.15) is 0 Å². The Labute approximate surface area is 144 Å². The van der Waals surface area contributed by atoms with Crippen LogP contribution in [0.3, 0.4) is 0 Å². The van der Waals surface area contributed by atoms with Crippen molar-refractivity contribution in [3.8, 4) is 0 Å². The first-order valence-electron chi connectivity index (χ1n) is 7.83. The molecule has 0 unspecified atom stereocenters. The molecule has 0 aromatic carbocycles. The van der Waals surface area contributed by atoms with Crippen LogP contribution in [-0.4, -0.2) is 65.4 Å². The topological polar surface area (TPSA) is 93.0 Å². The second kappa shape index (κ2) is 7.61. The van der Waals surface area contributed by atoms with Gasteiger partial charge in [0, 0.05) is 38.6 Å². The van der Waals surface area contributed by atoms with Gasteiger partial charge in [0.25, 0.3) is 11.8 Å². The van der Waals surface area contributed by atoms with Gasteiger partial charge in [0.05, 0.1) is 11.8 Å². The molecular formula is C17H17N3O5. The van der Waals surface area contributed by atoms with Crippen LogP contribution >= 0.6 is 0 Å². The van der Waals surface area contributed by atoms with Crippen molar-refractivity contribution in [3.63, 3.8) is 0 Å². The molecule has 2 aromatic rings. The number of aromatic nitrogens is 1. The maximum atomic E-state index is 12.2. The van der Waals surface area contributed by atoms with Crippen LogP contribution in [0.4, 0.5) is 0 Å². The predicted molar refractivity (Wildman–Crippen MR) is 85.7 cm³/mol. The average Bonchev–Trinajstić information content (AvgIpc) is 3.21. The maximum Gasteiger partial charge on any atom is 0.340 e. The van der Waals surface area contributed by atoms with Gasteiger partial charge in [-0.3, -0.25) is 14.6 Å². The molecule has 8 nitrogen and oxygen atoms in total. The van der Waals surface area contributed by atoms with Crippen molar-refractivity contribution in [2.45, 2.75) is 0 Å². The van der Waals surface area contributed by atoms with E-state index in [0.717, 1.165) is 0 Å². The highest BCUT2D eigenvalue weighted by molar-refractivity contribution is 5.92. The summed E-state index contributed by atoms with van der Waals surface area (Å²) in [5.41, 5.74) is 0.296. The Morgan fingerprint density at radius 1 is 1.08 bits per heavy atom. The minimum atomic E-state index is -0.590. The van der Waals surface area contributed by atoms with Gasteiger partial charge in [-0.2, -0.15) is 0 Å². The van der Waals surface area contributed by atoms with Gasteiger partial charge in [-0.25, -0.2) is 4.79 Å². The molecule has 0 N–H and O–H groups in total. The zero-order valence-corrected chi connectivity index (χ0v) is 13.5. The van der Waals surface area contributed by atoms with Crippen LogP contribution in [0.5, 0.6) is 0 Å². The van der Waals surface area contributed by atoms with E-state index in [1.165, 1.54) is 12.5 Å².